The molecule has 1 N–H and O–H groups in total. The van der Waals surface area contributed by atoms with Gasteiger partial charge in [0.15, 0.2) is 0 Å². The molecular formula is C13H16N2O3S2. The van der Waals surface area contributed by atoms with Crippen LogP contribution in [0.4, 0.5) is 0 Å². The van der Waals surface area contributed by atoms with Gasteiger partial charge in [0.1, 0.15) is 11.5 Å². The molecule has 0 spiro atoms. The zero-order valence-electron chi connectivity index (χ0n) is 10.9. The lowest BCUT2D eigenvalue weighted by Crippen LogP contribution is -2.33. The zero-order chi connectivity index (χ0) is 14.4. The predicted octanol–water partition coefficient (Wildman–Crippen LogP) is 0.553. The van der Waals surface area contributed by atoms with E-state index in [-0.39, 0.29) is 11.5 Å². The van der Waals surface area contributed by atoms with Gasteiger partial charge in [-0.2, -0.15) is 16.1 Å². The molecule has 7 heteroatoms. The van der Waals surface area contributed by atoms with Gasteiger partial charge in [-0.1, -0.05) is 11.8 Å². The number of pyridine rings is 1. The predicted molar refractivity (Wildman–Crippen MR) is 78.9 cm³/mol. The summed E-state index contributed by atoms with van der Waals surface area (Å²) in [5, 5.41) is 8.67. The lowest BCUT2D eigenvalue weighted by atomic mass is 10.3. The summed E-state index contributed by atoms with van der Waals surface area (Å²) >= 11 is 1.77. The average molecular weight is 312 g/mol. The molecule has 0 unspecified atom stereocenters. The van der Waals surface area contributed by atoms with Crippen LogP contribution in [0.2, 0.25) is 0 Å². The van der Waals surface area contributed by atoms with E-state index in [1.54, 1.807) is 11.8 Å². The number of aliphatic hydroxyl groups excluding tert-OH is 1. The quantitative estimate of drug-likeness (QED) is 0.808. The van der Waals surface area contributed by atoms with E-state index in [0.717, 1.165) is 17.9 Å². The van der Waals surface area contributed by atoms with Crippen LogP contribution in [-0.2, 0) is 10.0 Å². The van der Waals surface area contributed by atoms with Crippen molar-refractivity contribution in [2.24, 2.45) is 0 Å². The van der Waals surface area contributed by atoms with Crippen LogP contribution in [0.3, 0.4) is 0 Å². The van der Waals surface area contributed by atoms with Crippen LogP contribution in [0.1, 0.15) is 12.0 Å². The van der Waals surface area contributed by atoms with Gasteiger partial charge in [-0.15, -0.1) is 0 Å². The van der Waals surface area contributed by atoms with E-state index in [1.165, 1.54) is 22.8 Å². The maximum Gasteiger partial charge on any atom is 0.244 e. The fourth-order valence-electron chi connectivity index (χ4n) is 1.88. The fraction of sp³-hybridized carbons (Fsp3) is 0.462. The summed E-state index contributed by atoms with van der Waals surface area (Å²) in [6.07, 6.45) is 3.69. The Labute approximate surface area is 123 Å². The van der Waals surface area contributed by atoms with Gasteiger partial charge in [0.05, 0.1) is 0 Å². The molecule has 1 fully saturated rings. The first-order valence-electron chi connectivity index (χ1n) is 6.27. The Morgan fingerprint density at radius 2 is 2.20 bits per heavy atom. The molecule has 0 atom stereocenters. The fourth-order valence-corrected chi connectivity index (χ4v) is 4.35. The number of nitrogens with zero attached hydrogens (tertiary/aromatic N) is 2. The second kappa shape index (κ2) is 7.09. The van der Waals surface area contributed by atoms with Crippen molar-refractivity contribution < 1.29 is 13.5 Å². The number of rotatable bonds is 2. The topological polar surface area (TPSA) is 70.5 Å². The molecule has 5 nitrogen and oxygen atoms in total. The Balaban J connectivity index is 2.28. The first-order chi connectivity index (χ1) is 9.64. The zero-order valence-corrected chi connectivity index (χ0v) is 12.6. The Kier molecular flexibility index (Phi) is 5.43. The molecule has 1 saturated heterocycles. The van der Waals surface area contributed by atoms with Crippen molar-refractivity contribution in [2.45, 2.75) is 11.3 Å². The molecule has 0 aromatic carbocycles. The largest absolute Gasteiger partial charge is 0.384 e. The minimum atomic E-state index is -3.51. The highest BCUT2D eigenvalue weighted by molar-refractivity contribution is 7.99. The van der Waals surface area contributed by atoms with Crippen LogP contribution < -0.4 is 0 Å². The van der Waals surface area contributed by atoms with Gasteiger partial charge in [-0.25, -0.2) is 8.42 Å². The van der Waals surface area contributed by atoms with Crippen LogP contribution in [-0.4, -0.2) is 54.0 Å². The van der Waals surface area contributed by atoms with Gasteiger partial charge >= 0.3 is 0 Å². The van der Waals surface area contributed by atoms with Crippen molar-refractivity contribution in [3.63, 3.8) is 0 Å². The molecule has 0 saturated carbocycles. The highest BCUT2D eigenvalue weighted by Crippen LogP contribution is 2.19. The summed E-state index contributed by atoms with van der Waals surface area (Å²) in [6, 6.07) is 1.50. The maximum atomic E-state index is 12.5. The minimum absolute atomic E-state index is 0.161. The summed E-state index contributed by atoms with van der Waals surface area (Å²) in [5.74, 6) is 6.97. The van der Waals surface area contributed by atoms with Gasteiger partial charge in [0.2, 0.25) is 10.0 Å². The van der Waals surface area contributed by atoms with Gasteiger partial charge < -0.3 is 5.11 Å². The Hall–Kier alpha value is -1.07. The third-order valence-electron chi connectivity index (χ3n) is 2.84. The number of aromatic nitrogens is 1. The summed E-state index contributed by atoms with van der Waals surface area (Å²) < 4.78 is 26.6. The van der Waals surface area contributed by atoms with Gasteiger partial charge in [0, 0.05) is 36.8 Å². The van der Waals surface area contributed by atoms with Gasteiger partial charge in [-0.3, -0.25) is 4.98 Å². The molecule has 2 heterocycles. The van der Waals surface area contributed by atoms with E-state index in [0.29, 0.717) is 18.7 Å². The molecule has 20 heavy (non-hydrogen) atoms. The number of sulfonamides is 1. The van der Waals surface area contributed by atoms with Crippen molar-refractivity contribution in [1.82, 2.24) is 9.29 Å². The minimum Gasteiger partial charge on any atom is -0.384 e. The van der Waals surface area contributed by atoms with Crippen molar-refractivity contribution in [3.8, 4) is 11.8 Å². The smallest absolute Gasteiger partial charge is 0.244 e. The van der Waals surface area contributed by atoms with E-state index < -0.39 is 10.0 Å². The molecule has 0 amide bonds. The van der Waals surface area contributed by atoms with Crippen LogP contribution >= 0.6 is 11.8 Å². The second-order valence-electron chi connectivity index (χ2n) is 4.24. The van der Waals surface area contributed by atoms with Crippen molar-refractivity contribution in [1.29, 1.82) is 0 Å². The van der Waals surface area contributed by atoms with Gasteiger partial charge in [-0.05, 0) is 18.2 Å². The number of aliphatic hydroxyl groups is 1. The number of hydrogen-bond acceptors (Lipinski definition) is 5. The highest BCUT2D eigenvalue weighted by atomic mass is 32.2. The van der Waals surface area contributed by atoms with Gasteiger partial charge in [0.25, 0.3) is 0 Å². The van der Waals surface area contributed by atoms with E-state index in [9.17, 15) is 8.42 Å². The van der Waals surface area contributed by atoms with Crippen molar-refractivity contribution in [2.75, 3.05) is 31.2 Å². The molecule has 1 aliphatic heterocycles. The van der Waals surface area contributed by atoms with Crippen LogP contribution in [0.25, 0.3) is 0 Å². The molecule has 1 aliphatic rings. The monoisotopic (exact) mass is 312 g/mol. The van der Waals surface area contributed by atoms with Crippen LogP contribution in [0.5, 0.6) is 0 Å². The number of thioether (sulfide) groups is 1. The molecule has 2 rings (SSSR count). The summed E-state index contributed by atoms with van der Waals surface area (Å²) in [5.41, 5.74) is 0.490. The second-order valence-corrected chi connectivity index (χ2v) is 7.40. The summed E-state index contributed by atoms with van der Waals surface area (Å²) in [6.45, 7) is 0.807. The summed E-state index contributed by atoms with van der Waals surface area (Å²) in [4.78, 5) is 4.09. The van der Waals surface area contributed by atoms with Crippen molar-refractivity contribution in [3.05, 3.63) is 24.0 Å². The Morgan fingerprint density at radius 3 is 3.00 bits per heavy atom. The lowest BCUT2D eigenvalue weighted by Gasteiger charge is -2.19. The lowest BCUT2D eigenvalue weighted by molar-refractivity contribution is 0.350. The van der Waals surface area contributed by atoms with E-state index in [2.05, 4.69) is 16.8 Å². The molecule has 0 radical (unpaired) electrons. The Morgan fingerprint density at radius 1 is 1.35 bits per heavy atom. The summed E-state index contributed by atoms with van der Waals surface area (Å²) in [7, 11) is -3.51. The number of hydrogen-bond donors (Lipinski definition) is 1. The third kappa shape index (κ3) is 3.73. The molecular weight excluding hydrogens is 296 g/mol. The van der Waals surface area contributed by atoms with Crippen molar-refractivity contribution >= 4 is 21.8 Å². The van der Waals surface area contributed by atoms with E-state index >= 15 is 0 Å². The van der Waals surface area contributed by atoms with Crippen LogP contribution in [0, 0.1) is 11.8 Å². The molecule has 0 bridgehead atoms. The first kappa shape index (κ1) is 15.3. The molecule has 0 aliphatic carbocycles. The standard InChI is InChI=1S/C13H16N2O3S2/c16-6-1-3-12-9-13(11-14-10-12)20(17,18)15-4-2-7-19-8-5-15/h9-11,16H,2,4-8H2. The maximum absolute atomic E-state index is 12.5. The third-order valence-corrected chi connectivity index (χ3v) is 5.76. The average Bonchev–Trinajstić information content (AvgIpc) is 2.75. The molecule has 108 valence electrons. The molecule has 1 aromatic heterocycles. The Bertz CT molecular complexity index is 612. The normalized spacial score (nSPS) is 17.1. The SMILES string of the molecule is O=S(=O)(c1cncc(C#CCO)c1)N1CCCSCC1. The van der Waals surface area contributed by atoms with E-state index in [1.807, 2.05) is 0 Å². The van der Waals surface area contributed by atoms with Crippen LogP contribution in [0.15, 0.2) is 23.4 Å². The highest BCUT2D eigenvalue weighted by Gasteiger charge is 2.25. The van der Waals surface area contributed by atoms with E-state index in [4.69, 9.17) is 5.11 Å². The molecule has 1 aromatic rings. The first-order valence-corrected chi connectivity index (χ1v) is 8.87.